The molecule has 1 heterocycles. The molecule has 1 aromatic rings. The predicted molar refractivity (Wildman–Crippen MR) is 75.3 cm³/mol. The van der Waals surface area contributed by atoms with E-state index in [1.165, 1.54) is 12.1 Å². The minimum atomic E-state index is -1.03. The summed E-state index contributed by atoms with van der Waals surface area (Å²) in [7, 11) is 0. The normalized spacial score (nSPS) is 13.7. The van der Waals surface area contributed by atoms with Crippen molar-refractivity contribution in [2.75, 3.05) is 18.4 Å². The molecule has 1 aliphatic rings. The van der Waals surface area contributed by atoms with E-state index >= 15 is 0 Å². The number of nitrogens with one attached hydrogen (secondary N) is 2. The Morgan fingerprint density at radius 2 is 2.05 bits per heavy atom. The Labute approximate surface area is 118 Å². The standard InChI is InChI=1S/C13H13BrN2O3/c1-7(9-5-15-6-9)12(17)16-11-4-8(13(18)19)2-3-10(11)14/h2-4,15H,5-6H2,1H3,(H,16,17)(H,18,19). The van der Waals surface area contributed by atoms with Crippen molar-refractivity contribution in [3.05, 3.63) is 39.4 Å². The van der Waals surface area contributed by atoms with Crippen molar-refractivity contribution < 1.29 is 14.7 Å². The lowest BCUT2D eigenvalue weighted by molar-refractivity contribution is -0.112. The molecule has 1 fully saturated rings. The molecule has 19 heavy (non-hydrogen) atoms. The van der Waals surface area contributed by atoms with Crippen LogP contribution in [0.1, 0.15) is 17.3 Å². The van der Waals surface area contributed by atoms with Gasteiger partial charge in [-0.15, -0.1) is 0 Å². The number of carbonyl (C=O) groups excluding carboxylic acids is 1. The maximum atomic E-state index is 12.0. The van der Waals surface area contributed by atoms with Crippen LogP contribution in [0, 0.1) is 0 Å². The van der Waals surface area contributed by atoms with E-state index in [1.807, 2.05) is 0 Å². The van der Waals surface area contributed by atoms with Gasteiger partial charge in [0.15, 0.2) is 0 Å². The summed E-state index contributed by atoms with van der Waals surface area (Å²) in [5, 5.41) is 14.7. The molecule has 0 spiro atoms. The second kappa shape index (κ2) is 5.54. The lowest BCUT2D eigenvalue weighted by Gasteiger charge is -2.21. The molecule has 0 aliphatic carbocycles. The highest BCUT2D eigenvalue weighted by atomic mass is 79.9. The highest BCUT2D eigenvalue weighted by Crippen LogP contribution is 2.24. The number of hydrogen-bond donors (Lipinski definition) is 3. The lowest BCUT2D eigenvalue weighted by atomic mass is 10.0. The monoisotopic (exact) mass is 324 g/mol. The van der Waals surface area contributed by atoms with Crippen LogP contribution in [0.15, 0.2) is 33.8 Å². The molecule has 1 saturated heterocycles. The molecule has 1 amide bonds. The van der Waals surface area contributed by atoms with Crippen molar-refractivity contribution in [3.63, 3.8) is 0 Å². The molecule has 3 N–H and O–H groups in total. The van der Waals surface area contributed by atoms with Crippen LogP contribution in [0.4, 0.5) is 5.69 Å². The minimum absolute atomic E-state index is 0.133. The number of carbonyl (C=O) groups is 2. The minimum Gasteiger partial charge on any atom is -0.478 e. The summed E-state index contributed by atoms with van der Waals surface area (Å²) in [4.78, 5) is 22.9. The van der Waals surface area contributed by atoms with Crippen molar-refractivity contribution in [3.8, 4) is 0 Å². The number of carboxylic acids is 1. The summed E-state index contributed by atoms with van der Waals surface area (Å²) >= 11 is 3.29. The number of halogens is 1. The fourth-order valence-corrected chi connectivity index (χ4v) is 1.99. The maximum Gasteiger partial charge on any atom is 0.335 e. The average molecular weight is 325 g/mol. The van der Waals surface area contributed by atoms with Crippen molar-refractivity contribution in [1.29, 1.82) is 0 Å². The van der Waals surface area contributed by atoms with Gasteiger partial charge in [-0.05, 0) is 46.6 Å². The number of amides is 1. The first-order chi connectivity index (χ1) is 8.99. The fourth-order valence-electron chi connectivity index (χ4n) is 1.65. The van der Waals surface area contributed by atoms with Gasteiger partial charge in [-0.3, -0.25) is 4.79 Å². The number of rotatable bonds is 3. The predicted octanol–water partition coefficient (Wildman–Crippen LogP) is 2.01. The van der Waals surface area contributed by atoms with E-state index < -0.39 is 5.97 Å². The Balaban J connectivity index is 2.21. The van der Waals surface area contributed by atoms with Crippen LogP contribution in [0.25, 0.3) is 0 Å². The number of hydrogen-bond acceptors (Lipinski definition) is 3. The average Bonchev–Trinajstić information content (AvgIpc) is 2.29. The summed E-state index contributed by atoms with van der Waals surface area (Å²) in [5.74, 6) is -1.24. The van der Waals surface area contributed by atoms with Crippen molar-refractivity contribution in [2.24, 2.45) is 0 Å². The van der Waals surface area contributed by atoms with Crippen molar-refractivity contribution in [2.45, 2.75) is 6.92 Å². The van der Waals surface area contributed by atoms with Crippen LogP contribution in [-0.2, 0) is 4.79 Å². The van der Waals surface area contributed by atoms with Gasteiger partial charge in [0.05, 0.1) is 11.3 Å². The van der Waals surface area contributed by atoms with Gasteiger partial charge in [-0.2, -0.15) is 0 Å². The first kappa shape index (κ1) is 13.8. The SMILES string of the molecule is CC(C(=O)Nc1cc(C(=O)O)ccc1Br)=C1CNC1. The second-order valence-electron chi connectivity index (χ2n) is 4.29. The quantitative estimate of drug-likeness (QED) is 0.743. The summed E-state index contributed by atoms with van der Waals surface area (Å²) < 4.78 is 0.649. The first-order valence-electron chi connectivity index (χ1n) is 5.72. The lowest BCUT2D eigenvalue weighted by Crippen LogP contribution is -2.36. The maximum absolute atomic E-state index is 12.0. The Kier molecular flexibility index (Phi) is 4.01. The van der Waals surface area contributed by atoms with E-state index in [0.29, 0.717) is 15.7 Å². The molecular weight excluding hydrogens is 312 g/mol. The molecule has 1 aliphatic heterocycles. The van der Waals surface area contributed by atoms with Crippen LogP contribution in [0.2, 0.25) is 0 Å². The fraction of sp³-hybridized carbons (Fsp3) is 0.231. The first-order valence-corrected chi connectivity index (χ1v) is 6.52. The Hall–Kier alpha value is -1.66. The highest BCUT2D eigenvalue weighted by molar-refractivity contribution is 9.10. The summed E-state index contributed by atoms with van der Waals surface area (Å²) in [6.45, 7) is 3.23. The third kappa shape index (κ3) is 3.02. The zero-order chi connectivity index (χ0) is 14.0. The molecule has 100 valence electrons. The van der Waals surface area contributed by atoms with Crippen LogP contribution in [0.5, 0.6) is 0 Å². The van der Waals surface area contributed by atoms with E-state index in [9.17, 15) is 9.59 Å². The number of carboxylic acid groups (broad SMARTS) is 1. The van der Waals surface area contributed by atoms with E-state index in [-0.39, 0.29) is 11.5 Å². The van der Waals surface area contributed by atoms with Crippen LogP contribution < -0.4 is 10.6 Å². The van der Waals surface area contributed by atoms with E-state index in [0.717, 1.165) is 18.7 Å². The van der Waals surface area contributed by atoms with Crippen molar-refractivity contribution in [1.82, 2.24) is 5.32 Å². The topological polar surface area (TPSA) is 78.4 Å². The molecule has 0 unspecified atom stereocenters. The van der Waals surface area contributed by atoms with Gasteiger partial charge >= 0.3 is 5.97 Å². The summed E-state index contributed by atoms with van der Waals surface area (Å²) in [5.41, 5.74) is 2.33. The largest absolute Gasteiger partial charge is 0.478 e. The number of anilines is 1. The summed E-state index contributed by atoms with van der Waals surface area (Å²) in [6.07, 6.45) is 0. The molecule has 2 rings (SSSR count). The molecule has 1 aromatic carbocycles. The van der Waals surface area contributed by atoms with Crippen LogP contribution >= 0.6 is 15.9 Å². The van der Waals surface area contributed by atoms with E-state index in [4.69, 9.17) is 5.11 Å². The van der Waals surface area contributed by atoms with Crippen LogP contribution in [-0.4, -0.2) is 30.1 Å². The van der Waals surface area contributed by atoms with Gasteiger partial charge in [0.2, 0.25) is 0 Å². The smallest absolute Gasteiger partial charge is 0.335 e. The Morgan fingerprint density at radius 1 is 1.37 bits per heavy atom. The van der Waals surface area contributed by atoms with E-state index in [1.54, 1.807) is 13.0 Å². The molecule has 0 aromatic heterocycles. The number of benzene rings is 1. The van der Waals surface area contributed by atoms with Crippen molar-refractivity contribution >= 4 is 33.5 Å². The van der Waals surface area contributed by atoms with E-state index in [2.05, 4.69) is 26.6 Å². The highest BCUT2D eigenvalue weighted by Gasteiger charge is 2.17. The van der Waals surface area contributed by atoms with Gasteiger partial charge in [-0.25, -0.2) is 4.79 Å². The third-order valence-corrected chi connectivity index (χ3v) is 3.70. The zero-order valence-corrected chi connectivity index (χ0v) is 11.9. The van der Waals surface area contributed by atoms with Gasteiger partial charge in [-0.1, -0.05) is 0 Å². The second-order valence-corrected chi connectivity index (χ2v) is 5.14. The third-order valence-electron chi connectivity index (χ3n) is 3.01. The van der Waals surface area contributed by atoms with Gasteiger partial charge in [0.1, 0.15) is 0 Å². The Bertz CT molecular complexity index is 575. The molecular formula is C13H13BrN2O3. The Morgan fingerprint density at radius 3 is 2.58 bits per heavy atom. The molecule has 6 heteroatoms. The number of aromatic carboxylic acids is 1. The molecule has 0 saturated carbocycles. The molecule has 5 nitrogen and oxygen atoms in total. The van der Waals surface area contributed by atoms with Gasteiger partial charge in [0.25, 0.3) is 5.91 Å². The zero-order valence-electron chi connectivity index (χ0n) is 10.3. The molecule has 0 atom stereocenters. The van der Waals surface area contributed by atoms with Gasteiger partial charge in [0, 0.05) is 23.1 Å². The van der Waals surface area contributed by atoms with Crippen LogP contribution in [0.3, 0.4) is 0 Å². The summed E-state index contributed by atoms with van der Waals surface area (Å²) in [6, 6.07) is 4.51. The molecule has 0 radical (unpaired) electrons. The molecule has 0 bridgehead atoms. The van der Waals surface area contributed by atoms with Gasteiger partial charge < -0.3 is 15.7 Å².